The maximum absolute atomic E-state index is 11.0. The molecule has 92 valence electrons. The molecule has 1 fully saturated rings. The van der Waals surface area contributed by atoms with Crippen molar-refractivity contribution in [1.82, 2.24) is 0 Å². The summed E-state index contributed by atoms with van der Waals surface area (Å²) in [6.07, 6.45) is 7.68. The first-order chi connectivity index (χ1) is 8.23. The van der Waals surface area contributed by atoms with Crippen LogP contribution in [-0.4, -0.2) is 5.91 Å². The zero-order chi connectivity index (χ0) is 12.1. The highest BCUT2D eigenvalue weighted by Gasteiger charge is 2.33. The van der Waals surface area contributed by atoms with Crippen LogP contribution in [0.5, 0.6) is 0 Å². The average Bonchev–Trinajstić information content (AvgIpc) is 2.39. The van der Waals surface area contributed by atoms with E-state index >= 15 is 0 Å². The second-order valence-electron chi connectivity index (χ2n) is 5.17. The highest BCUT2D eigenvalue weighted by molar-refractivity contribution is 5.73. The van der Waals surface area contributed by atoms with Crippen molar-refractivity contribution in [3.63, 3.8) is 0 Å². The summed E-state index contributed by atoms with van der Waals surface area (Å²) in [5.41, 5.74) is 6.90. The Kier molecular flexibility index (Phi) is 3.82. The van der Waals surface area contributed by atoms with Crippen molar-refractivity contribution in [3.8, 4) is 0 Å². The Morgan fingerprint density at radius 3 is 2.35 bits per heavy atom. The first-order valence-corrected chi connectivity index (χ1v) is 6.57. The van der Waals surface area contributed by atoms with Crippen LogP contribution in [0.2, 0.25) is 0 Å². The molecule has 1 aliphatic rings. The summed E-state index contributed by atoms with van der Waals surface area (Å²) in [4.78, 5) is 11.0. The molecule has 0 atom stereocenters. The molecule has 0 saturated heterocycles. The van der Waals surface area contributed by atoms with Crippen LogP contribution in [0.1, 0.15) is 50.5 Å². The fraction of sp³-hybridized carbons (Fsp3) is 0.533. The molecule has 2 rings (SSSR count). The SMILES string of the molecule is NC(=O)CCC1(c2ccccc2)CCCCC1. The molecular weight excluding hydrogens is 210 g/mol. The monoisotopic (exact) mass is 231 g/mol. The Morgan fingerprint density at radius 2 is 1.76 bits per heavy atom. The van der Waals surface area contributed by atoms with Gasteiger partial charge in [-0.05, 0) is 30.2 Å². The lowest BCUT2D eigenvalue weighted by Crippen LogP contribution is -2.30. The van der Waals surface area contributed by atoms with Gasteiger partial charge in [-0.2, -0.15) is 0 Å². The maximum Gasteiger partial charge on any atom is 0.217 e. The first kappa shape index (κ1) is 12.2. The third-order valence-electron chi connectivity index (χ3n) is 4.05. The third-order valence-corrected chi connectivity index (χ3v) is 4.05. The van der Waals surface area contributed by atoms with E-state index in [0.29, 0.717) is 6.42 Å². The van der Waals surface area contributed by atoms with Gasteiger partial charge in [0.2, 0.25) is 5.91 Å². The van der Waals surface area contributed by atoms with E-state index in [9.17, 15) is 4.79 Å². The number of carbonyl (C=O) groups excluding carboxylic acids is 1. The molecular formula is C15H21NO. The number of primary amides is 1. The summed E-state index contributed by atoms with van der Waals surface area (Å²) < 4.78 is 0. The molecule has 2 heteroatoms. The van der Waals surface area contributed by atoms with Crippen molar-refractivity contribution in [2.24, 2.45) is 5.73 Å². The molecule has 0 aromatic heterocycles. The second kappa shape index (κ2) is 5.35. The quantitative estimate of drug-likeness (QED) is 0.849. The second-order valence-corrected chi connectivity index (χ2v) is 5.17. The fourth-order valence-corrected chi connectivity index (χ4v) is 3.07. The molecule has 1 saturated carbocycles. The van der Waals surface area contributed by atoms with Crippen LogP contribution >= 0.6 is 0 Å². The minimum atomic E-state index is -0.175. The van der Waals surface area contributed by atoms with E-state index in [-0.39, 0.29) is 11.3 Å². The van der Waals surface area contributed by atoms with E-state index in [2.05, 4.69) is 24.3 Å². The first-order valence-electron chi connectivity index (χ1n) is 6.57. The predicted octanol–water partition coefficient (Wildman–Crippen LogP) is 3.15. The molecule has 0 unspecified atom stereocenters. The molecule has 2 nitrogen and oxygen atoms in total. The zero-order valence-electron chi connectivity index (χ0n) is 10.3. The van der Waals surface area contributed by atoms with Crippen LogP contribution in [0, 0.1) is 0 Å². The topological polar surface area (TPSA) is 43.1 Å². The van der Waals surface area contributed by atoms with Gasteiger partial charge in [0.05, 0.1) is 0 Å². The molecule has 0 spiro atoms. The van der Waals surface area contributed by atoms with Crippen molar-refractivity contribution in [2.75, 3.05) is 0 Å². The number of benzene rings is 1. The fourth-order valence-electron chi connectivity index (χ4n) is 3.07. The molecule has 0 heterocycles. The number of rotatable bonds is 4. The minimum Gasteiger partial charge on any atom is -0.370 e. The van der Waals surface area contributed by atoms with Gasteiger partial charge in [-0.1, -0.05) is 49.6 Å². The Labute approximate surface area is 103 Å². The lowest BCUT2D eigenvalue weighted by molar-refractivity contribution is -0.118. The van der Waals surface area contributed by atoms with Gasteiger partial charge >= 0.3 is 0 Å². The number of hydrogen-bond acceptors (Lipinski definition) is 1. The van der Waals surface area contributed by atoms with Crippen molar-refractivity contribution < 1.29 is 4.79 Å². The van der Waals surface area contributed by atoms with E-state index in [4.69, 9.17) is 5.73 Å². The van der Waals surface area contributed by atoms with Gasteiger partial charge in [0.1, 0.15) is 0 Å². The molecule has 1 aromatic rings. The number of hydrogen-bond donors (Lipinski definition) is 1. The number of amides is 1. The van der Waals surface area contributed by atoms with Crippen LogP contribution < -0.4 is 5.73 Å². The summed E-state index contributed by atoms with van der Waals surface area (Å²) in [7, 11) is 0. The van der Waals surface area contributed by atoms with Crippen LogP contribution in [0.15, 0.2) is 30.3 Å². The van der Waals surface area contributed by atoms with E-state index in [0.717, 1.165) is 6.42 Å². The van der Waals surface area contributed by atoms with E-state index < -0.39 is 0 Å². The van der Waals surface area contributed by atoms with Gasteiger partial charge in [-0.15, -0.1) is 0 Å². The normalized spacial score (nSPS) is 18.8. The van der Waals surface area contributed by atoms with E-state index in [1.807, 2.05) is 6.07 Å². The zero-order valence-corrected chi connectivity index (χ0v) is 10.3. The van der Waals surface area contributed by atoms with Crippen LogP contribution in [0.25, 0.3) is 0 Å². The molecule has 0 aliphatic heterocycles. The molecule has 0 bridgehead atoms. The largest absolute Gasteiger partial charge is 0.370 e. The molecule has 1 aromatic carbocycles. The Morgan fingerprint density at radius 1 is 1.12 bits per heavy atom. The molecule has 2 N–H and O–H groups in total. The van der Waals surface area contributed by atoms with Crippen LogP contribution in [-0.2, 0) is 10.2 Å². The summed E-state index contributed by atoms with van der Waals surface area (Å²) in [6, 6.07) is 10.6. The van der Waals surface area contributed by atoms with E-state index in [1.54, 1.807) is 0 Å². The summed E-state index contributed by atoms with van der Waals surface area (Å²) in [5.74, 6) is -0.175. The lowest BCUT2D eigenvalue weighted by atomic mass is 9.67. The van der Waals surface area contributed by atoms with Gasteiger partial charge < -0.3 is 5.73 Å². The Hall–Kier alpha value is -1.31. The minimum absolute atomic E-state index is 0.175. The lowest BCUT2D eigenvalue weighted by Gasteiger charge is -2.38. The van der Waals surface area contributed by atoms with Crippen molar-refractivity contribution in [3.05, 3.63) is 35.9 Å². The average molecular weight is 231 g/mol. The van der Waals surface area contributed by atoms with Gasteiger partial charge in [-0.3, -0.25) is 4.79 Å². The highest BCUT2D eigenvalue weighted by atomic mass is 16.1. The molecule has 1 amide bonds. The van der Waals surface area contributed by atoms with Crippen molar-refractivity contribution >= 4 is 5.91 Å². The van der Waals surface area contributed by atoms with Gasteiger partial charge in [0.25, 0.3) is 0 Å². The number of nitrogens with two attached hydrogens (primary N) is 1. The highest BCUT2D eigenvalue weighted by Crippen LogP contribution is 2.42. The Balaban J connectivity index is 2.20. The summed E-state index contributed by atoms with van der Waals surface area (Å²) >= 11 is 0. The van der Waals surface area contributed by atoms with E-state index in [1.165, 1.54) is 37.7 Å². The van der Waals surface area contributed by atoms with Gasteiger partial charge in [0, 0.05) is 6.42 Å². The predicted molar refractivity (Wildman–Crippen MR) is 69.6 cm³/mol. The maximum atomic E-state index is 11.0. The van der Waals surface area contributed by atoms with Crippen molar-refractivity contribution in [1.29, 1.82) is 0 Å². The van der Waals surface area contributed by atoms with Gasteiger partial charge in [0.15, 0.2) is 0 Å². The molecule has 1 aliphatic carbocycles. The standard InChI is InChI=1S/C15H21NO/c16-14(17)9-12-15(10-5-2-6-11-15)13-7-3-1-4-8-13/h1,3-4,7-8H,2,5-6,9-12H2,(H2,16,17). The van der Waals surface area contributed by atoms with Crippen LogP contribution in [0.3, 0.4) is 0 Å². The van der Waals surface area contributed by atoms with Crippen LogP contribution in [0.4, 0.5) is 0 Å². The summed E-state index contributed by atoms with van der Waals surface area (Å²) in [6.45, 7) is 0. The molecule has 17 heavy (non-hydrogen) atoms. The van der Waals surface area contributed by atoms with Gasteiger partial charge in [-0.25, -0.2) is 0 Å². The Bertz CT molecular complexity index is 366. The van der Waals surface area contributed by atoms with Crippen molar-refractivity contribution in [2.45, 2.75) is 50.4 Å². The number of carbonyl (C=O) groups is 1. The molecule has 0 radical (unpaired) electrons. The summed E-state index contributed by atoms with van der Waals surface area (Å²) in [5, 5.41) is 0. The third kappa shape index (κ3) is 2.87. The smallest absolute Gasteiger partial charge is 0.217 e.